The van der Waals surface area contributed by atoms with E-state index in [4.69, 9.17) is 5.26 Å². The Balaban J connectivity index is 2.48. The van der Waals surface area contributed by atoms with Gasteiger partial charge in [0.25, 0.3) is 0 Å². The Kier molecular flexibility index (Phi) is 5.58. The molecule has 2 N–H and O–H groups in total. The van der Waals surface area contributed by atoms with Gasteiger partial charge in [0.05, 0.1) is 4.90 Å². The van der Waals surface area contributed by atoms with Crippen molar-refractivity contribution in [1.29, 1.82) is 5.26 Å². The Hall–Kier alpha value is -2.19. The molecular weight excluding hydrogens is 344 g/mol. The first-order valence-corrected chi connectivity index (χ1v) is 9.39. The van der Waals surface area contributed by atoms with E-state index in [1.54, 1.807) is 12.4 Å². The van der Waals surface area contributed by atoms with Gasteiger partial charge >= 0.3 is 0 Å². The van der Waals surface area contributed by atoms with E-state index in [2.05, 4.69) is 4.98 Å². The maximum absolute atomic E-state index is 12.8. The van der Waals surface area contributed by atoms with Crippen LogP contribution in [0.3, 0.4) is 0 Å². The van der Waals surface area contributed by atoms with Crippen molar-refractivity contribution in [3.63, 3.8) is 0 Å². The Morgan fingerprint density at radius 2 is 1.65 bits per heavy atom. The van der Waals surface area contributed by atoms with Crippen molar-refractivity contribution in [3.05, 3.63) is 46.8 Å². The topological polar surface area (TPSA) is 76.9 Å². The number of hydrogen-bond donors (Lipinski definition) is 2. The number of phenols is 1. The quantitative estimate of drug-likeness (QED) is 0.434. The van der Waals surface area contributed by atoms with E-state index in [0.717, 1.165) is 28.5 Å². The fourth-order valence-electron chi connectivity index (χ4n) is 2.92. The van der Waals surface area contributed by atoms with Gasteiger partial charge in [0.15, 0.2) is 5.78 Å². The Morgan fingerprint density at radius 3 is 2.12 bits per heavy atom. The summed E-state index contributed by atoms with van der Waals surface area (Å²) in [5, 5.41) is 21.7. The first-order chi connectivity index (χ1) is 11.9. The van der Waals surface area contributed by atoms with Gasteiger partial charge in [0.2, 0.25) is 0 Å². The summed E-state index contributed by atoms with van der Waals surface area (Å²) in [6, 6.07) is 3.85. The number of thiocyanates is 1. The largest absolute Gasteiger partial charge is 0.507 e. The molecular formula is C21H26N2O2S. The number of carbonyl (C=O) groups excluding carboxylic acids is 1. The van der Waals surface area contributed by atoms with Crippen LogP contribution in [0, 0.1) is 10.7 Å². The number of aromatic hydroxyl groups is 1. The number of ketones is 1. The fraction of sp³-hybridized carbons (Fsp3) is 0.429. The van der Waals surface area contributed by atoms with Gasteiger partial charge < -0.3 is 10.1 Å². The minimum Gasteiger partial charge on any atom is -0.507 e. The highest BCUT2D eigenvalue weighted by Gasteiger charge is 2.27. The predicted molar refractivity (Wildman–Crippen MR) is 106 cm³/mol. The molecule has 0 saturated heterocycles. The zero-order valence-electron chi connectivity index (χ0n) is 16.2. The predicted octanol–water partition coefficient (Wildman–Crippen LogP) is 5.31. The second-order valence-electron chi connectivity index (χ2n) is 8.57. The first kappa shape index (κ1) is 20.1. The van der Waals surface area contributed by atoms with Gasteiger partial charge in [0, 0.05) is 24.4 Å². The molecule has 2 aromatic rings. The van der Waals surface area contributed by atoms with Crippen LogP contribution in [0.2, 0.25) is 0 Å². The Bertz CT molecular complexity index is 826. The Morgan fingerprint density at radius 1 is 1.12 bits per heavy atom. The van der Waals surface area contributed by atoms with Crippen molar-refractivity contribution >= 4 is 17.5 Å². The van der Waals surface area contributed by atoms with Crippen LogP contribution in [0.5, 0.6) is 5.75 Å². The van der Waals surface area contributed by atoms with E-state index < -0.39 is 0 Å². The molecule has 0 bridgehead atoms. The average Bonchev–Trinajstić information content (AvgIpc) is 2.95. The van der Waals surface area contributed by atoms with Crippen LogP contribution in [0.25, 0.3) is 0 Å². The summed E-state index contributed by atoms with van der Waals surface area (Å²) in [6.07, 6.45) is 3.53. The smallest absolute Gasteiger partial charge is 0.169 e. The van der Waals surface area contributed by atoms with Gasteiger partial charge in [0.1, 0.15) is 11.2 Å². The molecule has 0 amide bonds. The summed E-state index contributed by atoms with van der Waals surface area (Å²) in [6.45, 7) is 12.3. The van der Waals surface area contributed by atoms with Crippen LogP contribution in [-0.4, -0.2) is 15.9 Å². The molecule has 5 heteroatoms. The zero-order chi connectivity index (χ0) is 19.7. The van der Waals surface area contributed by atoms with Gasteiger partial charge in [-0.1, -0.05) is 53.7 Å². The van der Waals surface area contributed by atoms with Crippen molar-refractivity contribution in [2.45, 2.75) is 63.7 Å². The number of H-pyrrole nitrogens is 1. The number of thioether (sulfide) groups is 1. The average molecular weight is 371 g/mol. The number of nitrogens with one attached hydrogen (secondary N) is 1. The van der Waals surface area contributed by atoms with Crippen molar-refractivity contribution in [1.82, 2.24) is 4.98 Å². The molecule has 1 aromatic carbocycles. The molecule has 0 unspecified atom stereocenters. The molecule has 1 heterocycles. The number of nitriles is 1. The number of nitrogens with zero attached hydrogens (tertiary/aromatic N) is 1. The highest BCUT2D eigenvalue weighted by molar-refractivity contribution is 8.03. The highest BCUT2D eigenvalue weighted by atomic mass is 32.2. The number of phenolic OH excluding ortho intramolecular Hbond substituents is 1. The summed E-state index contributed by atoms with van der Waals surface area (Å²) in [5.74, 6) is 0.262. The summed E-state index contributed by atoms with van der Waals surface area (Å²) < 4.78 is 0. The number of Topliss-reactive ketones (excluding diaryl/α,β-unsaturated/α-hetero) is 1. The monoisotopic (exact) mass is 370 g/mol. The fourth-order valence-corrected chi connectivity index (χ4v) is 3.43. The Labute approximate surface area is 159 Å². The third-order valence-electron chi connectivity index (χ3n) is 4.31. The minimum absolute atomic E-state index is 0.0468. The van der Waals surface area contributed by atoms with Gasteiger partial charge in [-0.05, 0) is 39.3 Å². The van der Waals surface area contributed by atoms with E-state index in [9.17, 15) is 9.90 Å². The lowest BCUT2D eigenvalue weighted by Crippen LogP contribution is -2.18. The van der Waals surface area contributed by atoms with Crippen LogP contribution in [0.4, 0.5) is 0 Å². The van der Waals surface area contributed by atoms with Crippen LogP contribution >= 0.6 is 11.8 Å². The van der Waals surface area contributed by atoms with Crippen molar-refractivity contribution < 1.29 is 9.90 Å². The molecule has 26 heavy (non-hydrogen) atoms. The number of benzene rings is 1. The first-order valence-electron chi connectivity index (χ1n) is 8.58. The van der Waals surface area contributed by atoms with E-state index in [0.29, 0.717) is 16.2 Å². The molecule has 0 saturated carbocycles. The third kappa shape index (κ3) is 4.31. The number of rotatable bonds is 4. The molecule has 0 aliphatic carbocycles. The number of carbonyl (C=O) groups is 1. The summed E-state index contributed by atoms with van der Waals surface area (Å²) >= 11 is 0.978. The molecule has 0 atom stereocenters. The third-order valence-corrected chi connectivity index (χ3v) is 4.96. The molecule has 4 nitrogen and oxygen atoms in total. The number of hydrogen-bond acceptors (Lipinski definition) is 4. The second kappa shape index (κ2) is 7.20. The molecule has 0 radical (unpaired) electrons. The van der Waals surface area contributed by atoms with Crippen molar-refractivity contribution in [2.24, 2.45) is 0 Å². The van der Waals surface area contributed by atoms with E-state index >= 15 is 0 Å². The SMILES string of the molecule is CC(C)(C)c1cc(CC(=O)c2c[nH]cc2SC#N)cc(C(C)(C)C)c1O. The van der Waals surface area contributed by atoms with Crippen molar-refractivity contribution in [3.8, 4) is 11.2 Å². The van der Waals surface area contributed by atoms with E-state index in [1.165, 1.54) is 0 Å². The van der Waals surface area contributed by atoms with Crippen molar-refractivity contribution in [2.75, 3.05) is 0 Å². The van der Waals surface area contributed by atoms with Crippen LogP contribution in [-0.2, 0) is 17.3 Å². The highest BCUT2D eigenvalue weighted by Crippen LogP contribution is 2.40. The summed E-state index contributed by atoms with van der Waals surface area (Å²) in [5.41, 5.74) is 2.61. The van der Waals surface area contributed by atoms with Crippen LogP contribution in [0.1, 0.15) is 68.6 Å². The van der Waals surface area contributed by atoms with Gasteiger partial charge in [-0.2, -0.15) is 5.26 Å². The molecule has 1 aromatic heterocycles. The van der Waals surface area contributed by atoms with E-state index in [-0.39, 0.29) is 23.0 Å². The molecule has 2 rings (SSSR count). The number of aromatic amines is 1. The van der Waals surface area contributed by atoms with Crippen LogP contribution < -0.4 is 0 Å². The molecule has 0 aliphatic heterocycles. The lowest BCUT2D eigenvalue weighted by Gasteiger charge is -2.28. The maximum Gasteiger partial charge on any atom is 0.169 e. The minimum atomic E-state index is -0.237. The standard InChI is InChI=1S/C21H26N2O2S/c1-20(2,3)15-7-13(8-16(19(15)25)21(4,5)6)9-17(24)14-10-23-11-18(14)26-12-22/h7-8,10-11,23,25H,9H2,1-6H3. The lowest BCUT2D eigenvalue weighted by atomic mass is 9.78. The molecule has 0 fully saturated rings. The zero-order valence-corrected chi connectivity index (χ0v) is 17.0. The normalized spacial score (nSPS) is 12.0. The van der Waals surface area contributed by atoms with Gasteiger partial charge in [-0.15, -0.1) is 0 Å². The van der Waals surface area contributed by atoms with Crippen LogP contribution in [0.15, 0.2) is 29.4 Å². The summed E-state index contributed by atoms with van der Waals surface area (Å²) in [4.78, 5) is 16.3. The summed E-state index contributed by atoms with van der Waals surface area (Å²) in [7, 11) is 0. The molecule has 138 valence electrons. The molecule has 0 aliphatic rings. The second-order valence-corrected chi connectivity index (χ2v) is 9.39. The van der Waals surface area contributed by atoms with E-state index in [1.807, 2.05) is 59.1 Å². The number of aromatic nitrogens is 1. The maximum atomic E-state index is 12.8. The van der Waals surface area contributed by atoms with Gasteiger partial charge in [-0.3, -0.25) is 4.79 Å². The lowest BCUT2D eigenvalue weighted by molar-refractivity contribution is 0.0990. The molecule has 0 spiro atoms. The van der Waals surface area contributed by atoms with Gasteiger partial charge in [-0.25, -0.2) is 0 Å².